The third-order valence-corrected chi connectivity index (χ3v) is 5.14. The SMILES string of the molecule is CC(=O)CCc1ccc(S(=O)(=O)c2cnn(C(C)C)c2)cc1. The van der Waals surface area contributed by atoms with Crippen molar-refractivity contribution in [2.24, 2.45) is 0 Å². The molecule has 0 N–H and O–H groups in total. The molecule has 0 aliphatic heterocycles. The van der Waals surface area contributed by atoms with Gasteiger partial charge in [-0.1, -0.05) is 12.1 Å². The number of hydrogen-bond acceptors (Lipinski definition) is 4. The van der Waals surface area contributed by atoms with Crippen molar-refractivity contribution in [2.45, 2.75) is 49.4 Å². The summed E-state index contributed by atoms with van der Waals surface area (Å²) < 4.78 is 26.7. The van der Waals surface area contributed by atoms with Crippen molar-refractivity contribution >= 4 is 15.6 Å². The molecular weight excluding hydrogens is 300 g/mol. The molecular formula is C16H20N2O3S. The van der Waals surface area contributed by atoms with Crippen LogP contribution in [-0.4, -0.2) is 24.0 Å². The number of carbonyl (C=O) groups excluding carboxylic acids is 1. The number of ketones is 1. The van der Waals surface area contributed by atoms with Crippen LogP contribution >= 0.6 is 0 Å². The topological polar surface area (TPSA) is 69.0 Å². The number of nitrogens with zero attached hydrogens (tertiary/aromatic N) is 2. The Kier molecular flexibility index (Phi) is 4.81. The molecule has 0 aliphatic rings. The van der Waals surface area contributed by atoms with Gasteiger partial charge in [-0.05, 0) is 44.9 Å². The Labute approximate surface area is 130 Å². The first-order valence-corrected chi connectivity index (χ1v) is 8.66. The fourth-order valence-corrected chi connectivity index (χ4v) is 3.23. The van der Waals surface area contributed by atoms with Gasteiger partial charge in [-0.3, -0.25) is 4.68 Å². The summed E-state index contributed by atoms with van der Waals surface area (Å²) in [5.41, 5.74) is 0.951. The summed E-state index contributed by atoms with van der Waals surface area (Å²) in [6, 6.07) is 6.78. The van der Waals surface area contributed by atoms with Gasteiger partial charge in [0.2, 0.25) is 9.84 Å². The van der Waals surface area contributed by atoms with Gasteiger partial charge in [0.05, 0.1) is 11.1 Å². The highest BCUT2D eigenvalue weighted by Gasteiger charge is 2.20. The number of benzene rings is 1. The van der Waals surface area contributed by atoms with Crippen molar-refractivity contribution in [2.75, 3.05) is 0 Å². The van der Waals surface area contributed by atoms with Gasteiger partial charge in [0, 0.05) is 18.7 Å². The van der Waals surface area contributed by atoms with Crippen LogP contribution in [0.25, 0.3) is 0 Å². The van der Waals surface area contributed by atoms with Gasteiger partial charge >= 0.3 is 0 Å². The van der Waals surface area contributed by atoms with Crippen LogP contribution in [0.1, 0.15) is 38.8 Å². The molecule has 2 aromatic rings. The van der Waals surface area contributed by atoms with E-state index >= 15 is 0 Å². The Balaban J connectivity index is 2.23. The number of carbonyl (C=O) groups is 1. The highest BCUT2D eigenvalue weighted by molar-refractivity contribution is 7.91. The maximum absolute atomic E-state index is 12.5. The first-order valence-electron chi connectivity index (χ1n) is 7.18. The molecule has 2 rings (SSSR count). The Hall–Kier alpha value is -1.95. The summed E-state index contributed by atoms with van der Waals surface area (Å²) in [5.74, 6) is 0.123. The minimum atomic E-state index is -3.55. The Bertz CT molecular complexity index is 759. The van der Waals surface area contributed by atoms with E-state index in [1.54, 1.807) is 42.1 Å². The summed E-state index contributed by atoms with van der Waals surface area (Å²) in [6.07, 6.45) is 4.01. The smallest absolute Gasteiger partial charge is 0.209 e. The van der Waals surface area contributed by atoms with E-state index in [9.17, 15) is 13.2 Å². The van der Waals surface area contributed by atoms with Gasteiger partial charge in [-0.15, -0.1) is 0 Å². The fourth-order valence-electron chi connectivity index (χ4n) is 2.03. The van der Waals surface area contributed by atoms with Crippen LogP contribution in [0.2, 0.25) is 0 Å². The zero-order valence-corrected chi connectivity index (χ0v) is 13.8. The molecule has 5 nitrogen and oxygen atoms in total. The van der Waals surface area contributed by atoms with Crippen molar-refractivity contribution in [3.63, 3.8) is 0 Å². The molecule has 6 heteroatoms. The van der Waals surface area contributed by atoms with Crippen molar-refractivity contribution in [1.82, 2.24) is 9.78 Å². The average molecular weight is 320 g/mol. The lowest BCUT2D eigenvalue weighted by atomic mass is 10.1. The van der Waals surface area contributed by atoms with Crippen molar-refractivity contribution in [1.29, 1.82) is 0 Å². The molecule has 0 saturated carbocycles. The van der Waals surface area contributed by atoms with Gasteiger partial charge in [0.15, 0.2) is 0 Å². The second kappa shape index (κ2) is 6.44. The molecule has 1 aromatic heterocycles. The van der Waals surface area contributed by atoms with Crippen LogP contribution in [0.4, 0.5) is 0 Å². The molecule has 0 radical (unpaired) electrons. The van der Waals surface area contributed by atoms with Gasteiger partial charge in [-0.2, -0.15) is 5.10 Å². The van der Waals surface area contributed by atoms with Crippen LogP contribution in [-0.2, 0) is 21.1 Å². The van der Waals surface area contributed by atoms with Crippen LogP contribution < -0.4 is 0 Å². The van der Waals surface area contributed by atoms with Crippen molar-refractivity contribution in [3.05, 3.63) is 42.2 Å². The number of hydrogen-bond donors (Lipinski definition) is 0. The maximum atomic E-state index is 12.5. The number of sulfone groups is 1. The number of aromatic nitrogens is 2. The second-order valence-electron chi connectivity index (χ2n) is 5.60. The van der Waals surface area contributed by atoms with E-state index in [2.05, 4.69) is 5.10 Å². The third kappa shape index (κ3) is 3.62. The number of rotatable bonds is 6. The van der Waals surface area contributed by atoms with Gasteiger partial charge in [0.25, 0.3) is 0 Å². The van der Waals surface area contributed by atoms with Crippen LogP contribution in [0.15, 0.2) is 46.5 Å². The molecule has 22 heavy (non-hydrogen) atoms. The first kappa shape index (κ1) is 16.4. The second-order valence-corrected chi connectivity index (χ2v) is 7.55. The summed E-state index contributed by atoms with van der Waals surface area (Å²) in [4.78, 5) is 11.4. The maximum Gasteiger partial charge on any atom is 0.209 e. The lowest BCUT2D eigenvalue weighted by Gasteiger charge is -2.05. The first-order chi connectivity index (χ1) is 10.3. The predicted molar refractivity (Wildman–Crippen MR) is 83.5 cm³/mol. The zero-order chi connectivity index (χ0) is 16.3. The van der Waals surface area contributed by atoms with Crippen molar-refractivity contribution < 1.29 is 13.2 Å². The van der Waals surface area contributed by atoms with Crippen LogP contribution in [0, 0.1) is 0 Å². The standard InChI is InChI=1S/C16H20N2O3S/c1-12(2)18-11-16(10-17-18)22(20,21)15-8-6-14(7-9-15)5-4-13(3)19/h6-12H,4-5H2,1-3H3. The number of Topliss-reactive ketones (excluding diaryl/α,β-unsaturated/α-hetero) is 1. The van der Waals surface area contributed by atoms with E-state index < -0.39 is 9.84 Å². The summed E-state index contributed by atoms with van der Waals surface area (Å²) in [6.45, 7) is 5.42. The Morgan fingerprint density at radius 3 is 2.32 bits per heavy atom. The number of aryl methyl sites for hydroxylation is 1. The average Bonchev–Trinajstić information content (AvgIpc) is 2.96. The van der Waals surface area contributed by atoms with Crippen molar-refractivity contribution in [3.8, 4) is 0 Å². The van der Waals surface area contributed by atoms with Crippen LogP contribution in [0.5, 0.6) is 0 Å². The normalized spacial score (nSPS) is 11.8. The molecule has 1 aromatic carbocycles. The Morgan fingerprint density at radius 2 is 1.82 bits per heavy atom. The third-order valence-electron chi connectivity index (χ3n) is 3.42. The van der Waals surface area contributed by atoms with E-state index in [-0.39, 0.29) is 21.6 Å². The van der Waals surface area contributed by atoms with Gasteiger partial charge in [0.1, 0.15) is 10.7 Å². The Morgan fingerprint density at radius 1 is 1.18 bits per heavy atom. The van der Waals surface area contributed by atoms with E-state index in [0.717, 1.165) is 5.56 Å². The summed E-state index contributed by atoms with van der Waals surface area (Å²) in [7, 11) is -3.55. The monoisotopic (exact) mass is 320 g/mol. The lowest BCUT2D eigenvalue weighted by molar-refractivity contribution is -0.116. The quantitative estimate of drug-likeness (QED) is 0.820. The molecule has 118 valence electrons. The highest BCUT2D eigenvalue weighted by Crippen LogP contribution is 2.22. The lowest BCUT2D eigenvalue weighted by Crippen LogP contribution is -2.03. The van der Waals surface area contributed by atoms with E-state index in [4.69, 9.17) is 0 Å². The molecule has 0 saturated heterocycles. The molecule has 0 spiro atoms. The zero-order valence-electron chi connectivity index (χ0n) is 13.0. The fraction of sp³-hybridized carbons (Fsp3) is 0.375. The molecule has 0 fully saturated rings. The van der Waals surface area contributed by atoms with E-state index in [1.165, 1.54) is 6.20 Å². The minimum Gasteiger partial charge on any atom is -0.300 e. The highest BCUT2D eigenvalue weighted by atomic mass is 32.2. The molecule has 1 heterocycles. The van der Waals surface area contributed by atoms with Crippen LogP contribution in [0.3, 0.4) is 0 Å². The van der Waals surface area contributed by atoms with E-state index in [1.807, 2.05) is 13.8 Å². The van der Waals surface area contributed by atoms with Gasteiger partial charge in [-0.25, -0.2) is 8.42 Å². The minimum absolute atomic E-state index is 0.109. The van der Waals surface area contributed by atoms with E-state index in [0.29, 0.717) is 12.8 Å². The molecule has 0 amide bonds. The summed E-state index contributed by atoms with van der Waals surface area (Å²) in [5, 5.41) is 4.07. The molecule has 0 aliphatic carbocycles. The van der Waals surface area contributed by atoms with Gasteiger partial charge < -0.3 is 4.79 Å². The largest absolute Gasteiger partial charge is 0.300 e. The summed E-state index contributed by atoms with van der Waals surface area (Å²) >= 11 is 0. The molecule has 0 unspecified atom stereocenters. The predicted octanol–water partition coefficient (Wildman–Crippen LogP) is 2.82. The molecule has 0 bridgehead atoms. The molecule has 0 atom stereocenters.